The maximum Gasteiger partial charge on any atom is 0.259 e. The van der Waals surface area contributed by atoms with Gasteiger partial charge in [0.2, 0.25) is 0 Å². The maximum atomic E-state index is 13.9. The topological polar surface area (TPSA) is 71.1 Å². The van der Waals surface area contributed by atoms with Crippen molar-refractivity contribution in [2.45, 2.75) is 25.8 Å². The Morgan fingerprint density at radius 1 is 1.11 bits per heavy atom. The highest BCUT2D eigenvalue weighted by Crippen LogP contribution is 2.39. The highest BCUT2D eigenvalue weighted by Gasteiger charge is 2.28. The average molecular weight is 395 g/mol. The van der Waals surface area contributed by atoms with Crippen LogP contribution in [0.3, 0.4) is 0 Å². The van der Waals surface area contributed by atoms with Gasteiger partial charge in [-0.2, -0.15) is 0 Å². The molecule has 0 saturated carbocycles. The molecule has 1 aromatic carbocycles. The van der Waals surface area contributed by atoms with E-state index in [0.29, 0.717) is 17.1 Å². The van der Waals surface area contributed by atoms with Crippen molar-refractivity contribution in [1.82, 2.24) is 10.3 Å². The smallest absolute Gasteiger partial charge is 0.259 e. The first-order valence-electron chi connectivity index (χ1n) is 9.01. The van der Waals surface area contributed by atoms with Crippen molar-refractivity contribution < 1.29 is 14.0 Å². The van der Waals surface area contributed by atoms with E-state index in [9.17, 15) is 14.0 Å². The van der Waals surface area contributed by atoms with Gasteiger partial charge in [0.15, 0.2) is 0 Å². The van der Waals surface area contributed by atoms with Gasteiger partial charge in [-0.15, -0.1) is 11.3 Å². The number of aryl methyl sites for hydroxylation is 1. The summed E-state index contributed by atoms with van der Waals surface area (Å²) in [6, 6.07) is 9.49. The number of nitrogens with zero attached hydrogens (tertiary/aromatic N) is 1. The third-order valence-corrected chi connectivity index (χ3v) is 5.88. The zero-order valence-electron chi connectivity index (χ0n) is 15.0. The van der Waals surface area contributed by atoms with Crippen LogP contribution in [0.1, 0.15) is 43.1 Å². The minimum atomic E-state index is -0.591. The molecule has 0 unspecified atom stereocenters. The average Bonchev–Trinajstić information content (AvgIpc) is 3.28. The highest BCUT2D eigenvalue weighted by atomic mass is 32.1. The monoisotopic (exact) mass is 395 g/mol. The number of pyridine rings is 1. The molecule has 0 spiro atoms. The van der Waals surface area contributed by atoms with Crippen LogP contribution in [0.5, 0.6) is 0 Å². The molecule has 2 N–H and O–H groups in total. The summed E-state index contributed by atoms with van der Waals surface area (Å²) in [5, 5.41) is 6.11. The summed E-state index contributed by atoms with van der Waals surface area (Å²) in [5.41, 5.74) is 2.32. The van der Waals surface area contributed by atoms with E-state index in [2.05, 4.69) is 15.6 Å². The Kier molecular flexibility index (Phi) is 5.16. The van der Waals surface area contributed by atoms with Crippen molar-refractivity contribution in [3.05, 3.63) is 81.7 Å². The molecule has 0 bridgehead atoms. The van der Waals surface area contributed by atoms with Gasteiger partial charge in [-0.25, -0.2) is 4.39 Å². The quantitative estimate of drug-likeness (QED) is 0.687. The second-order valence-electron chi connectivity index (χ2n) is 6.54. The number of amides is 2. The summed E-state index contributed by atoms with van der Waals surface area (Å²) in [6.07, 6.45) is 6.05. The van der Waals surface area contributed by atoms with Crippen molar-refractivity contribution in [1.29, 1.82) is 0 Å². The van der Waals surface area contributed by atoms with Crippen LogP contribution in [-0.4, -0.2) is 16.8 Å². The summed E-state index contributed by atoms with van der Waals surface area (Å²) in [6.45, 7) is 0.345. The SMILES string of the molecule is O=C(Nc1sc2c(c1C(=O)NCc1cccnc1)CCC2)c1ccccc1F. The second-order valence-corrected chi connectivity index (χ2v) is 7.64. The van der Waals surface area contributed by atoms with Crippen LogP contribution in [0, 0.1) is 5.82 Å². The normalized spacial score (nSPS) is 12.5. The Labute approximate surface area is 165 Å². The molecule has 1 aliphatic rings. The largest absolute Gasteiger partial charge is 0.348 e. The van der Waals surface area contributed by atoms with Crippen molar-refractivity contribution in [2.24, 2.45) is 0 Å². The first kappa shape index (κ1) is 18.3. The Balaban J connectivity index is 1.57. The van der Waals surface area contributed by atoms with E-state index in [0.717, 1.165) is 35.3 Å². The van der Waals surface area contributed by atoms with Crippen LogP contribution >= 0.6 is 11.3 Å². The molecule has 1 aliphatic carbocycles. The van der Waals surface area contributed by atoms with Gasteiger partial charge in [0.25, 0.3) is 11.8 Å². The van der Waals surface area contributed by atoms with Gasteiger partial charge < -0.3 is 10.6 Å². The van der Waals surface area contributed by atoms with Crippen LogP contribution in [0.25, 0.3) is 0 Å². The number of rotatable bonds is 5. The van der Waals surface area contributed by atoms with E-state index < -0.39 is 11.7 Å². The minimum Gasteiger partial charge on any atom is -0.348 e. The standard InChI is InChI=1S/C21H18FN3O2S/c22-16-8-2-1-6-14(16)19(26)25-21-18(15-7-3-9-17(15)28-21)20(27)24-12-13-5-4-10-23-11-13/h1-2,4-6,8,10-11H,3,7,9,12H2,(H,24,27)(H,25,26). The third-order valence-electron chi connectivity index (χ3n) is 4.67. The molecule has 2 heterocycles. The summed E-state index contributed by atoms with van der Waals surface area (Å²) in [7, 11) is 0. The molecule has 0 saturated heterocycles. The number of hydrogen-bond acceptors (Lipinski definition) is 4. The van der Waals surface area contributed by atoms with Gasteiger partial charge in [0, 0.05) is 23.8 Å². The van der Waals surface area contributed by atoms with Crippen LogP contribution in [0.2, 0.25) is 0 Å². The Morgan fingerprint density at radius 3 is 2.75 bits per heavy atom. The Morgan fingerprint density at radius 2 is 1.96 bits per heavy atom. The number of hydrogen-bond donors (Lipinski definition) is 2. The molecule has 5 nitrogen and oxygen atoms in total. The molecule has 28 heavy (non-hydrogen) atoms. The number of fused-ring (bicyclic) bond motifs is 1. The number of nitrogens with one attached hydrogen (secondary N) is 2. The zero-order chi connectivity index (χ0) is 19.5. The van der Waals surface area contributed by atoms with Gasteiger partial charge in [-0.05, 0) is 48.6 Å². The van der Waals surface area contributed by atoms with E-state index in [4.69, 9.17) is 0 Å². The van der Waals surface area contributed by atoms with E-state index in [1.807, 2.05) is 12.1 Å². The zero-order valence-corrected chi connectivity index (χ0v) is 15.8. The van der Waals surface area contributed by atoms with E-state index >= 15 is 0 Å². The molecule has 0 fully saturated rings. The van der Waals surface area contributed by atoms with E-state index in [1.165, 1.54) is 29.5 Å². The lowest BCUT2D eigenvalue weighted by molar-refractivity contribution is 0.0951. The lowest BCUT2D eigenvalue weighted by Crippen LogP contribution is -2.25. The molecule has 3 aromatic rings. The maximum absolute atomic E-state index is 13.9. The van der Waals surface area contributed by atoms with Crippen molar-refractivity contribution in [2.75, 3.05) is 5.32 Å². The van der Waals surface area contributed by atoms with Gasteiger partial charge in [0.1, 0.15) is 10.8 Å². The molecule has 142 valence electrons. The van der Waals surface area contributed by atoms with Crippen LogP contribution in [0.4, 0.5) is 9.39 Å². The molecular weight excluding hydrogens is 377 g/mol. The van der Waals surface area contributed by atoms with Gasteiger partial charge in [-0.3, -0.25) is 14.6 Å². The fraction of sp³-hybridized carbons (Fsp3) is 0.190. The third kappa shape index (κ3) is 3.66. The highest BCUT2D eigenvalue weighted by molar-refractivity contribution is 7.17. The predicted molar refractivity (Wildman–Crippen MR) is 106 cm³/mol. The molecule has 4 rings (SSSR count). The lowest BCUT2D eigenvalue weighted by Gasteiger charge is -2.10. The van der Waals surface area contributed by atoms with Crippen molar-refractivity contribution in [3.8, 4) is 0 Å². The summed E-state index contributed by atoms with van der Waals surface area (Å²) in [5.74, 6) is -1.39. The van der Waals surface area contributed by atoms with E-state index in [1.54, 1.807) is 18.5 Å². The van der Waals surface area contributed by atoms with Gasteiger partial charge >= 0.3 is 0 Å². The van der Waals surface area contributed by atoms with Gasteiger partial charge in [-0.1, -0.05) is 18.2 Å². The summed E-state index contributed by atoms with van der Waals surface area (Å²) >= 11 is 1.40. The number of halogens is 1. The van der Waals surface area contributed by atoms with Crippen molar-refractivity contribution in [3.63, 3.8) is 0 Å². The number of anilines is 1. The number of benzene rings is 1. The van der Waals surface area contributed by atoms with Crippen LogP contribution in [0.15, 0.2) is 48.8 Å². The molecule has 0 atom stereocenters. The molecule has 7 heteroatoms. The molecule has 2 amide bonds. The van der Waals surface area contributed by atoms with E-state index in [-0.39, 0.29) is 11.5 Å². The van der Waals surface area contributed by atoms with Crippen LogP contribution in [-0.2, 0) is 19.4 Å². The number of aromatic nitrogens is 1. The molecule has 0 radical (unpaired) electrons. The fourth-order valence-electron chi connectivity index (χ4n) is 3.32. The number of thiophene rings is 1. The molecule has 2 aromatic heterocycles. The first-order chi connectivity index (χ1) is 13.6. The van der Waals surface area contributed by atoms with Crippen molar-refractivity contribution >= 4 is 28.2 Å². The first-order valence-corrected chi connectivity index (χ1v) is 9.82. The summed E-state index contributed by atoms with van der Waals surface area (Å²) < 4.78 is 13.9. The Hall–Kier alpha value is -3.06. The number of carbonyl (C=O) groups is 2. The predicted octanol–water partition coefficient (Wildman–Crippen LogP) is 3.95. The Bertz CT molecular complexity index is 1030. The molecular formula is C21H18FN3O2S. The minimum absolute atomic E-state index is 0.0437. The van der Waals surface area contributed by atoms with Gasteiger partial charge in [0.05, 0.1) is 11.1 Å². The summed E-state index contributed by atoms with van der Waals surface area (Å²) in [4.78, 5) is 30.6. The number of carbonyl (C=O) groups excluding carboxylic acids is 2. The second kappa shape index (κ2) is 7.90. The molecule has 0 aliphatic heterocycles. The van der Waals surface area contributed by atoms with Crippen LogP contribution < -0.4 is 10.6 Å². The lowest BCUT2D eigenvalue weighted by atomic mass is 10.1. The fourth-order valence-corrected chi connectivity index (χ4v) is 4.60.